The smallest absolute Gasteiger partial charge is 0.265 e. The van der Waals surface area contributed by atoms with Gasteiger partial charge in [0.25, 0.3) is 11.8 Å². The molecule has 0 aliphatic heterocycles. The van der Waals surface area contributed by atoms with Gasteiger partial charge in [0, 0.05) is 16.8 Å². The molecule has 0 aliphatic carbocycles. The summed E-state index contributed by atoms with van der Waals surface area (Å²) in [6, 6.07) is 12.2. The highest BCUT2D eigenvalue weighted by Crippen LogP contribution is 2.24. The van der Waals surface area contributed by atoms with Gasteiger partial charge < -0.3 is 10.6 Å². The molecule has 0 saturated carbocycles. The maximum Gasteiger partial charge on any atom is 0.265 e. The predicted molar refractivity (Wildman–Crippen MR) is 109 cm³/mol. The van der Waals surface area contributed by atoms with Gasteiger partial charge in [-0.05, 0) is 55.8 Å². The summed E-state index contributed by atoms with van der Waals surface area (Å²) in [6.07, 6.45) is 1.67. The minimum atomic E-state index is -0.298. The number of carbonyl (C=O) groups is 2. The van der Waals surface area contributed by atoms with Crippen molar-refractivity contribution in [1.29, 1.82) is 0 Å². The van der Waals surface area contributed by atoms with Crippen LogP contribution < -0.4 is 10.6 Å². The van der Waals surface area contributed by atoms with Crippen LogP contribution in [0, 0.1) is 13.8 Å². The van der Waals surface area contributed by atoms with Gasteiger partial charge >= 0.3 is 0 Å². The fraction of sp³-hybridized carbons (Fsp3) is 0.150. The quantitative estimate of drug-likeness (QED) is 0.658. The standard InChI is InChI=1S/C20H18ClN3O2S/c1-12-9-18(27-13(12)2)20(26)24-14-6-7-16(17(21)10-14)19(25)23-11-15-5-3-4-8-22-15/h3-10H,11H2,1-2H3,(H,23,25)(H,24,26). The monoisotopic (exact) mass is 399 g/mol. The number of aromatic nitrogens is 1. The van der Waals surface area contributed by atoms with Crippen molar-refractivity contribution in [2.24, 2.45) is 0 Å². The molecule has 7 heteroatoms. The number of rotatable bonds is 5. The van der Waals surface area contributed by atoms with E-state index >= 15 is 0 Å². The zero-order valence-electron chi connectivity index (χ0n) is 14.9. The number of anilines is 1. The molecular formula is C20H18ClN3O2S. The molecule has 138 valence electrons. The molecule has 0 aliphatic rings. The SMILES string of the molecule is Cc1cc(C(=O)Nc2ccc(C(=O)NCc3ccccn3)c(Cl)c2)sc1C. The molecule has 5 nitrogen and oxygen atoms in total. The summed E-state index contributed by atoms with van der Waals surface area (Å²) in [4.78, 5) is 30.6. The van der Waals surface area contributed by atoms with E-state index in [4.69, 9.17) is 11.6 Å². The molecule has 0 atom stereocenters. The predicted octanol–water partition coefficient (Wildman–Crippen LogP) is 4.60. The second-order valence-electron chi connectivity index (χ2n) is 6.00. The van der Waals surface area contributed by atoms with Crippen LogP contribution in [0.25, 0.3) is 0 Å². The number of benzene rings is 1. The Morgan fingerprint density at radius 2 is 1.93 bits per heavy atom. The maximum absolute atomic E-state index is 12.3. The molecule has 0 radical (unpaired) electrons. The zero-order chi connectivity index (χ0) is 19.4. The molecule has 2 aromatic heterocycles. The third kappa shape index (κ3) is 4.72. The summed E-state index contributed by atoms with van der Waals surface area (Å²) >= 11 is 7.68. The van der Waals surface area contributed by atoms with E-state index in [0.717, 1.165) is 16.1 Å². The van der Waals surface area contributed by atoms with Gasteiger partial charge in [-0.3, -0.25) is 14.6 Å². The molecular weight excluding hydrogens is 382 g/mol. The van der Waals surface area contributed by atoms with Crippen LogP contribution in [-0.2, 0) is 6.54 Å². The first-order chi connectivity index (χ1) is 12.9. The highest BCUT2D eigenvalue weighted by Gasteiger charge is 2.14. The van der Waals surface area contributed by atoms with Gasteiger partial charge in [0.2, 0.25) is 0 Å². The number of hydrogen-bond donors (Lipinski definition) is 2. The minimum Gasteiger partial charge on any atom is -0.346 e. The number of amides is 2. The molecule has 1 aromatic carbocycles. The third-order valence-electron chi connectivity index (χ3n) is 4.02. The Hall–Kier alpha value is -2.70. The van der Waals surface area contributed by atoms with Gasteiger partial charge in [-0.2, -0.15) is 0 Å². The second kappa shape index (κ2) is 8.33. The third-order valence-corrected chi connectivity index (χ3v) is 5.48. The van der Waals surface area contributed by atoms with E-state index < -0.39 is 0 Å². The van der Waals surface area contributed by atoms with Crippen LogP contribution >= 0.6 is 22.9 Å². The molecule has 2 heterocycles. The van der Waals surface area contributed by atoms with Crippen LogP contribution in [0.5, 0.6) is 0 Å². The van der Waals surface area contributed by atoms with E-state index in [1.807, 2.05) is 38.1 Å². The molecule has 0 saturated heterocycles. The topological polar surface area (TPSA) is 71.1 Å². The highest BCUT2D eigenvalue weighted by molar-refractivity contribution is 7.14. The number of thiophene rings is 1. The van der Waals surface area contributed by atoms with Gasteiger partial charge in [-0.25, -0.2) is 0 Å². The number of aryl methyl sites for hydroxylation is 2. The lowest BCUT2D eigenvalue weighted by Gasteiger charge is -2.09. The van der Waals surface area contributed by atoms with Gasteiger partial charge in [0.05, 0.1) is 27.7 Å². The van der Waals surface area contributed by atoms with Crippen LogP contribution in [-0.4, -0.2) is 16.8 Å². The van der Waals surface area contributed by atoms with Crippen LogP contribution in [0.15, 0.2) is 48.7 Å². The Bertz CT molecular complexity index is 967. The highest BCUT2D eigenvalue weighted by atomic mass is 35.5. The first-order valence-electron chi connectivity index (χ1n) is 8.30. The summed E-state index contributed by atoms with van der Waals surface area (Å²) < 4.78 is 0. The lowest BCUT2D eigenvalue weighted by molar-refractivity contribution is 0.0950. The van der Waals surface area contributed by atoms with Gasteiger partial charge in [0.15, 0.2) is 0 Å². The molecule has 2 amide bonds. The lowest BCUT2D eigenvalue weighted by atomic mass is 10.2. The van der Waals surface area contributed by atoms with E-state index in [0.29, 0.717) is 22.7 Å². The van der Waals surface area contributed by atoms with Crippen LogP contribution in [0.3, 0.4) is 0 Å². The summed E-state index contributed by atoms with van der Waals surface area (Å²) in [5.74, 6) is -0.493. The average Bonchev–Trinajstić information content (AvgIpc) is 3.00. The number of pyridine rings is 1. The number of hydrogen-bond acceptors (Lipinski definition) is 4. The zero-order valence-corrected chi connectivity index (χ0v) is 16.4. The number of nitrogens with one attached hydrogen (secondary N) is 2. The Kier molecular flexibility index (Phi) is 5.88. The lowest BCUT2D eigenvalue weighted by Crippen LogP contribution is -2.23. The van der Waals surface area contributed by atoms with Crippen LogP contribution in [0.1, 0.15) is 36.2 Å². The Balaban J connectivity index is 1.66. The van der Waals surface area contributed by atoms with Crippen molar-refractivity contribution in [2.75, 3.05) is 5.32 Å². The fourth-order valence-electron chi connectivity index (χ4n) is 2.42. The Labute approximate surface area is 166 Å². The fourth-order valence-corrected chi connectivity index (χ4v) is 3.62. The van der Waals surface area contributed by atoms with Crippen molar-refractivity contribution in [3.05, 3.63) is 80.3 Å². The summed E-state index contributed by atoms with van der Waals surface area (Å²) in [5, 5.41) is 5.86. The van der Waals surface area contributed by atoms with E-state index in [1.165, 1.54) is 11.3 Å². The Morgan fingerprint density at radius 1 is 1.11 bits per heavy atom. The molecule has 0 bridgehead atoms. The van der Waals surface area contributed by atoms with Gasteiger partial charge in [0.1, 0.15) is 0 Å². The minimum absolute atomic E-state index is 0.195. The molecule has 0 fully saturated rings. The first kappa shape index (κ1) is 19.1. The van der Waals surface area contributed by atoms with Gasteiger partial charge in [-0.1, -0.05) is 17.7 Å². The van der Waals surface area contributed by atoms with E-state index in [-0.39, 0.29) is 16.8 Å². The van der Waals surface area contributed by atoms with Crippen molar-refractivity contribution in [3.63, 3.8) is 0 Å². The van der Waals surface area contributed by atoms with E-state index in [2.05, 4.69) is 15.6 Å². The van der Waals surface area contributed by atoms with Crippen molar-refractivity contribution < 1.29 is 9.59 Å². The molecule has 3 aromatic rings. The summed E-state index contributed by atoms with van der Waals surface area (Å²) in [6.45, 7) is 4.26. The number of nitrogens with zero attached hydrogens (tertiary/aromatic N) is 1. The first-order valence-corrected chi connectivity index (χ1v) is 9.49. The average molecular weight is 400 g/mol. The normalized spacial score (nSPS) is 10.5. The molecule has 3 rings (SSSR count). The second-order valence-corrected chi connectivity index (χ2v) is 7.67. The van der Waals surface area contributed by atoms with Crippen molar-refractivity contribution >= 4 is 40.4 Å². The Morgan fingerprint density at radius 3 is 2.56 bits per heavy atom. The van der Waals surface area contributed by atoms with Crippen molar-refractivity contribution in [3.8, 4) is 0 Å². The molecule has 27 heavy (non-hydrogen) atoms. The summed E-state index contributed by atoms with van der Waals surface area (Å²) in [5.41, 5.74) is 2.72. The van der Waals surface area contributed by atoms with Crippen molar-refractivity contribution in [2.45, 2.75) is 20.4 Å². The number of carbonyl (C=O) groups excluding carboxylic acids is 2. The maximum atomic E-state index is 12.3. The molecule has 0 spiro atoms. The molecule has 0 unspecified atom stereocenters. The van der Waals surface area contributed by atoms with E-state index in [9.17, 15) is 9.59 Å². The van der Waals surface area contributed by atoms with Crippen molar-refractivity contribution in [1.82, 2.24) is 10.3 Å². The van der Waals surface area contributed by atoms with E-state index in [1.54, 1.807) is 24.4 Å². The van der Waals surface area contributed by atoms with Gasteiger partial charge in [-0.15, -0.1) is 11.3 Å². The largest absolute Gasteiger partial charge is 0.346 e. The van der Waals surface area contributed by atoms with Crippen LogP contribution in [0.4, 0.5) is 5.69 Å². The van der Waals surface area contributed by atoms with Crippen LogP contribution in [0.2, 0.25) is 5.02 Å². The summed E-state index contributed by atoms with van der Waals surface area (Å²) in [7, 11) is 0. The number of halogens is 1. The molecule has 2 N–H and O–H groups in total.